The van der Waals surface area contributed by atoms with E-state index in [2.05, 4.69) is 38.3 Å². The van der Waals surface area contributed by atoms with Crippen molar-refractivity contribution in [3.8, 4) is 17.1 Å². The van der Waals surface area contributed by atoms with Crippen LogP contribution in [0.4, 0.5) is 0 Å². The van der Waals surface area contributed by atoms with Crippen LogP contribution in [0.2, 0.25) is 0 Å². The third-order valence-electron chi connectivity index (χ3n) is 6.31. The number of aromatic nitrogens is 3. The molecule has 184 valence electrons. The summed E-state index contributed by atoms with van der Waals surface area (Å²) in [6.07, 6.45) is 8.99. The van der Waals surface area contributed by atoms with Crippen LogP contribution in [-0.2, 0) is 17.8 Å². The number of hydrogen-bond donors (Lipinski definition) is 1. The van der Waals surface area contributed by atoms with Gasteiger partial charge in [-0.1, -0.05) is 65.9 Å². The Kier molecular flexibility index (Phi) is 9.01. The molecule has 1 aromatic heterocycles. The second-order valence-electron chi connectivity index (χ2n) is 8.80. The first kappa shape index (κ1) is 25.0. The van der Waals surface area contributed by atoms with Crippen molar-refractivity contribution in [1.82, 2.24) is 20.1 Å². The van der Waals surface area contributed by atoms with Crippen molar-refractivity contribution in [1.29, 1.82) is 0 Å². The molecule has 0 spiro atoms. The fourth-order valence-electron chi connectivity index (χ4n) is 4.32. The van der Waals surface area contributed by atoms with Gasteiger partial charge in [0.15, 0.2) is 11.0 Å². The molecule has 0 radical (unpaired) electrons. The molecule has 2 aromatic carbocycles. The lowest BCUT2D eigenvalue weighted by atomic mass is 9.97. The molecule has 35 heavy (non-hydrogen) atoms. The summed E-state index contributed by atoms with van der Waals surface area (Å²) in [6.45, 7) is 3.32. The number of carbonyl (C=O) groups excluding carboxylic acids is 1. The molecule has 4 rings (SSSR count). The Morgan fingerprint density at radius 1 is 1.09 bits per heavy atom. The number of benzene rings is 2. The van der Waals surface area contributed by atoms with Crippen molar-refractivity contribution >= 4 is 17.7 Å². The Labute approximate surface area is 212 Å². The highest BCUT2D eigenvalue weighted by atomic mass is 32.2. The molecule has 1 atom stereocenters. The van der Waals surface area contributed by atoms with Gasteiger partial charge in [0.05, 0.1) is 17.9 Å². The van der Waals surface area contributed by atoms with Crippen LogP contribution in [0.5, 0.6) is 5.75 Å². The molecule has 0 saturated carbocycles. The van der Waals surface area contributed by atoms with Crippen LogP contribution in [0.25, 0.3) is 11.4 Å². The fourth-order valence-corrected chi connectivity index (χ4v) is 5.22. The van der Waals surface area contributed by atoms with E-state index in [1.165, 1.54) is 42.2 Å². The Morgan fingerprint density at radius 2 is 1.89 bits per heavy atom. The molecule has 1 aliphatic rings. The molecule has 7 heteroatoms. The molecule has 0 fully saturated rings. The van der Waals surface area contributed by atoms with Crippen LogP contribution >= 0.6 is 11.8 Å². The van der Waals surface area contributed by atoms with Crippen LogP contribution in [0.3, 0.4) is 0 Å². The van der Waals surface area contributed by atoms with Gasteiger partial charge in [0.25, 0.3) is 0 Å². The molecule has 0 saturated heterocycles. The van der Waals surface area contributed by atoms with Crippen molar-refractivity contribution in [2.45, 2.75) is 62.4 Å². The summed E-state index contributed by atoms with van der Waals surface area (Å²) in [5.41, 5.74) is 3.60. The van der Waals surface area contributed by atoms with Gasteiger partial charge in [-0.15, -0.1) is 10.2 Å². The van der Waals surface area contributed by atoms with E-state index in [1.807, 2.05) is 49.4 Å². The highest BCUT2D eigenvalue weighted by Gasteiger charge is 2.22. The highest BCUT2D eigenvalue weighted by Crippen LogP contribution is 2.32. The van der Waals surface area contributed by atoms with Gasteiger partial charge in [0, 0.05) is 13.1 Å². The minimum atomic E-state index is -0.277. The lowest BCUT2D eigenvalue weighted by Gasteiger charge is -2.16. The zero-order valence-electron chi connectivity index (χ0n) is 20.6. The highest BCUT2D eigenvalue weighted by molar-refractivity contribution is 8.00. The number of para-hydroxylation sites is 1. The lowest BCUT2D eigenvalue weighted by molar-refractivity contribution is -0.120. The number of carbonyl (C=O) groups is 1. The number of hydrogen-bond acceptors (Lipinski definition) is 5. The van der Waals surface area contributed by atoms with E-state index in [1.54, 1.807) is 7.11 Å². The largest absolute Gasteiger partial charge is 0.496 e. The monoisotopic (exact) mass is 490 g/mol. The molecule has 1 unspecified atom stereocenters. The van der Waals surface area contributed by atoms with Gasteiger partial charge in [-0.05, 0) is 63.1 Å². The number of nitrogens with zero attached hydrogens (tertiary/aromatic N) is 3. The van der Waals surface area contributed by atoms with Gasteiger partial charge in [-0.2, -0.15) is 0 Å². The Bertz CT molecular complexity index is 1140. The summed E-state index contributed by atoms with van der Waals surface area (Å²) < 4.78 is 7.69. The molecule has 1 heterocycles. The van der Waals surface area contributed by atoms with Crippen LogP contribution in [0, 0.1) is 0 Å². The number of nitrogens with one attached hydrogen (secondary N) is 1. The summed E-state index contributed by atoms with van der Waals surface area (Å²) in [5, 5.41) is 12.6. The van der Waals surface area contributed by atoms with Crippen LogP contribution in [0.15, 0.2) is 71.4 Å². The number of methoxy groups -OCH3 is 1. The van der Waals surface area contributed by atoms with Gasteiger partial charge < -0.3 is 14.6 Å². The SMILES string of the molecule is COc1ccccc1-c1nnc(SC(C)C(=O)NCCC2=CCCCC2)n1CCc1ccccc1. The topological polar surface area (TPSA) is 69.0 Å². The number of allylic oxidation sites excluding steroid dienone is 1. The fraction of sp³-hybridized carbons (Fsp3) is 0.393. The quantitative estimate of drug-likeness (QED) is 0.276. The predicted molar refractivity (Wildman–Crippen MR) is 142 cm³/mol. The Morgan fingerprint density at radius 3 is 2.66 bits per heavy atom. The summed E-state index contributed by atoms with van der Waals surface area (Å²) in [5.74, 6) is 1.53. The summed E-state index contributed by atoms with van der Waals surface area (Å²) >= 11 is 1.45. The maximum Gasteiger partial charge on any atom is 0.233 e. The van der Waals surface area contributed by atoms with Gasteiger partial charge in [-0.25, -0.2) is 0 Å². The Hall–Kier alpha value is -3.06. The minimum absolute atomic E-state index is 0.0304. The van der Waals surface area contributed by atoms with E-state index in [4.69, 9.17) is 4.74 Å². The van der Waals surface area contributed by atoms with Crippen molar-refractivity contribution in [2.75, 3.05) is 13.7 Å². The maximum absolute atomic E-state index is 12.8. The lowest BCUT2D eigenvalue weighted by Crippen LogP contribution is -2.32. The van der Waals surface area contributed by atoms with E-state index in [0.717, 1.165) is 41.6 Å². The molecule has 3 aromatic rings. The van der Waals surface area contributed by atoms with Gasteiger partial charge in [0.1, 0.15) is 5.75 Å². The van der Waals surface area contributed by atoms with Crippen LogP contribution in [0.1, 0.15) is 44.6 Å². The minimum Gasteiger partial charge on any atom is -0.496 e. The van der Waals surface area contributed by atoms with E-state index >= 15 is 0 Å². The van der Waals surface area contributed by atoms with Gasteiger partial charge in [-0.3, -0.25) is 4.79 Å². The Balaban J connectivity index is 1.48. The van der Waals surface area contributed by atoms with Gasteiger partial charge in [0.2, 0.25) is 5.91 Å². The molecule has 0 bridgehead atoms. The van der Waals surface area contributed by atoms with E-state index in [9.17, 15) is 4.79 Å². The first-order valence-electron chi connectivity index (χ1n) is 12.4. The molecule has 0 aliphatic heterocycles. The maximum atomic E-state index is 12.8. The summed E-state index contributed by atoms with van der Waals surface area (Å²) in [4.78, 5) is 12.8. The van der Waals surface area contributed by atoms with Crippen molar-refractivity contribution in [3.63, 3.8) is 0 Å². The summed E-state index contributed by atoms with van der Waals surface area (Å²) in [7, 11) is 1.66. The number of thioether (sulfide) groups is 1. The second kappa shape index (κ2) is 12.6. The van der Waals surface area contributed by atoms with Gasteiger partial charge >= 0.3 is 0 Å². The average Bonchev–Trinajstić information content (AvgIpc) is 3.30. The summed E-state index contributed by atoms with van der Waals surface area (Å²) in [6, 6.07) is 18.2. The second-order valence-corrected chi connectivity index (χ2v) is 10.1. The third kappa shape index (κ3) is 6.75. The molecular formula is C28H34N4O2S. The van der Waals surface area contributed by atoms with Crippen molar-refractivity contribution in [3.05, 3.63) is 71.8 Å². The molecule has 1 N–H and O–H groups in total. The zero-order chi connectivity index (χ0) is 24.5. The number of amides is 1. The molecule has 1 amide bonds. The molecule has 6 nitrogen and oxygen atoms in total. The van der Waals surface area contributed by atoms with Crippen molar-refractivity contribution in [2.24, 2.45) is 0 Å². The molecule has 1 aliphatic carbocycles. The standard InChI is InChI=1S/C28H34N4O2S/c1-21(27(33)29-19-17-22-11-5-3-6-12-22)35-28-31-30-26(24-15-9-10-16-25(24)34-2)32(28)20-18-23-13-7-4-8-14-23/h4,7-11,13-16,21H,3,5-6,12,17-20H2,1-2H3,(H,29,33). The zero-order valence-corrected chi connectivity index (χ0v) is 21.4. The van der Waals surface area contributed by atoms with Crippen molar-refractivity contribution < 1.29 is 9.53 Å². The third-order valence-corrected chi connectivity index (χ3v) is 7.39. The molecular weight excluding hydrogens is 456 g/mol. The first-order chi connectivity index (χ1) is 17.2. The normalized spacial score (nSPS) is 14.3. The van der Waals surface area contributed by atoms with Crippen LogP contribution in [-0.4, -0.2) is 39.6 Å². The number of rotatable bonds is 11. The van der Waals surface area contributed by atoms with E-state index < -0.39 is 0 Å². The van der Waals surface area contributed by atoms with E-state index in [-0.39, 0.29) is 11.2 Å². The number of aryl methyl sites for hydroxylation is 1. The first-order valence-corrected chi connectivity index (χ1v) is 13.3. The average molecular weight is 491 g/mol. The van der Waals surface area contributed by atoms with Crippen LogP contribution < -0.4 is 10.1 Å². The smallest absolute Gasteiger partial charge is 0.233 e. The van der Waals surface area contributed by atoms with E-state index in [0.29, 0.717) is 13.1 Å². The number of ether oxygens (including phenoxy) is 1. The predicted octanol–water partition coefficient (Wildman–Crippen LogP) is 5.68.